The third kappa shape index (κ3) is 5.01. The van der Waals surface area contributed by atoms with Gasteiger partial charge in [-0.2, -0.15) is 0 Å². The van der Waals surface area contributed by atoms with E-state index in [2.05, 4.69) is 0 Å². The number of rotatable bonds is 6. The van der Waals surface area contributed by atoms with Crippen LogP contribution in [0.3, 0.4) is 0 Å². The molecule has 0 aliphatic carbocycles. The number of carbonyl (C=O) groups is 1. The molecule has 0 spiro atoms. The molecule has 1 rings (SSSR count). The molecule has 0 amide bonds. The van der Waals surface area contributed by atoms with Crippen LogP contribution in [0.2, 0.25) is 0 Å². The fraction of sp³-hybridized carbons (Fsp3) is 0.357. The first-order valence-electron chi connectivity index (χ1n) is 5.80. The van der Waals surface area contributed by atoms with Crippen molar-refractivity contribution in [3.63, 3.8) is 0 Å². The molecule has 0 aliphatic heterocycles. The van der Waals surface area contributed by atoms with Crippen molar-refractivity contribution >= 4 is 12.0 Å². The van der Waals surface area contributed by atoms with Crippen molar-refractivity contribution in [1.29, 1.82) is 0 Å². The van der Waals surface area contributed by atoms with Crippen LogP contribution in [0, 0.1) is 0 Å². The number of ether oxygens (including phenoxy) is 3. The van der Waals surface area contributed by atoms with Crippen molar-refractivity contribution in [2.45, 2.75) is 20.1 Å². The van der Waals surface area contributed by atoms with Gasteiger partial charge in [0.25, 0.3) is 0 Å². The van der Waals surface area contributed by atoms with Gasteiger partial charge in [0.05, 0.1) is 7.11 Å². The zero-order valence-electron chi connectivity index (χ0n) is 10.9. The first-order valence-corrected chi connectivity index (χ1v) is 5.80. The summed E-state index contributed by atoms with van der Waals surface area (Å²) < 4.78 is 15.1. The van der Waals surface area contributed by atoms with Crippen molar-refractivity contribution in [3.8, 4) is 5.75 Å². The van der Waals surface area contributed by atoms with Crippen molar-refractivity contribution in [1.82, 2.24) is 0 Å². The molecule has 0 heterocycles. The molecule has 1 aromatic rings. The van der Waals surface area contributed by atoms with E-state index < -0.39 is 12.3 Å². The van der Waals surface area contributed by atoms with Crippen molar-refractivity contribution in [3.05, 3.63) is 35.9 Å². The summed E-state index contributed by atoms with van der Waals surface area (Å²) in [5.41, 5.74) is 0.900. The van der Waals surface area contributed by atoms with E-state index in [4.69, 9.17) is 14.2 Å². The quantitative estimate of drug-likeness (QED) is 0.442. The Morgan fingerprint density at radius 2 is 2.00 bits per heavy atom. The van der Waals surface area contributed by atoms with Crippen LogP contribution in [0.4, 0.5) is 0 Å². The summed E-state index contributed by atoms with van der Waals surface area (Å²) in [6.45, 7) is 4.04. The van der Waals surface area contributed by atoms with Crippen LogP contribution >= 0.6 is 0 Å². The maximum absolute atomic E-state index is 11.4. The van der Waals surface area contributed by atoms with Gasteiger partial charge in [-0.15, -0.1) is 0 Å². The van der Waals surface area contributed by atoms with Gasteiger partial charge < -0.3 is 14.2 Å². The van der Waals surface area contributed by atoms with Crippen molar-refractivity contribution in [2.24, 2.45) is 0 Å². The van der Waals surface area contributed by atoms with E-state index in [0.29, 0.717) is 6.61 Å². The zero-order chi connectivity index (χ0) is 13.4. The highest BCUT2D eigenvalue weighted by atomic mass is 16.7. The van der Waals surface area contributed by atoms with Crippen LogP contribution < -0.4 is 4.74 Å². The SMILES string of the molecule is CCOC(C)OC(=O)/C=C/c1ccc(OC)cc1. The van der Waals surface area contributed by atoms with Gasteiger partial charge in [-0.1, -0.05) is 12.1 Å². The topological polar surface area (TPSA) is 44.8 Å². The molecule has 18 heavy (non-hydrogen) atoms. The molecule has 0 aromatic heterocycles. The van der Waals surface area contributed by atoms with E-state index in [1.165, 1.54) is 6.08 Å². The van der Waals surface area contributed by atoms with Gasteiger partial charge in [-0.3, -0.25) is 0 Å². The Hall–Kier alpha value is -1.81. The summed E-state index contributed by atoms with van der Waals surface area (Å²) in [4.78, 5) is 11.4. The molecule has 98 valence electrons. The van der Waals surface area contributed by atoms with Crippen LogP contribution in [0.5, 0.6) is 5.75 Å². The molecule has 0 saturated heterocycles. The van der Waals surface area contributed by atoms with Crippen molar-refractivity contribution in [2.75, 3.05) is 13.7 Å². The molecule has 0 aliphatic rings. The molecule has 0 N–H and O–H groups in total. The Morgan fingerprint density at radius 3 is 2.56 bits per heavy atom. The minimum atomic E-state index is -0.525. The lowest BCUT2D eigenvalue weighted by atomic mass is 10.2. The number of esters is 1. The predicted molar refractivity (Wildman–Crippen MR) is 69.2 cm³/mol. The lowest BCUT2D eigenvalue weighted by molar-refractivity contribution is -0.167. The molecule has 0 bridgehead atoms. The Morgan fingerprint density at radius 1 is 1.33 bits per heavy atom. The van der Waals surface area contributed by atoms with Gasteiger partial charge >= 0.3 is 5.97 Å². The Kier molecular flexibility index (Phi) is 5.94. The maximum atomic E-state index is 11.4. The van der Waals surface area contributed by atoms with E-state index in [1.54, 1.807) is 20.1 Å². The van der Waals surface area contributed by atoms with E-state index >= 15 is 0 Å². The molecule has 0 fully saturated rings. The molecular formula is C14H18O4. The second kappa shape index (κ2) is 7.50. The first kappa shape index (κ1) is 14.3. The van der Waals surface area contributed by atoms with Crippen LogP contribution in [0.15, 0.2) is 30.3 Å². The molecule has 4 heteroatoms. The molecule has 1 aromatic carbocycles. The average Bonchev–Trinajstić information content (AvgIpc) is 2.37. The summed E-state index contributed by atoms with van der Waals surface area (Å²) in [5.74, 6) is 0.353. The fourth-order valence-corrected chi connectivity index (χ4v) is 1.35. The summed E-state index contributed by atoms with van der Waals surface area (Å²) in [6, 6.07) is 7.37. The number of carbonyl (C=O) groups excluding carboxylic acids is 1. The highest BCUT2D eigenvalue weighted by Gasteiger charge is 2.04. The molecular weight excluding hydrogens is 232 g/mol. The third-order valence-corrected chi connectivity index (χ3v) is 2.21. The van der Waals surface area contributed by atoms with E-state index in [1.807, 2.05) is 31.2 Å². The van der Waals surface area contributed by atoms with E-state index in [0.717, 1.165) is 11.3 Å². The normalized spacial score (nSPS) is 12.4. The molecule has 0 radical (unpaired) electrons. The molecule has 1 unspecified atom stereocenters. The lowest BCUT2D eigenvalue weighted by Crippen LogP contribution is -2.16. The van der Waals surface area contributed by atoms with Gasteiger partial charge in [0.1, 0.15) is 5.75 Å². The number of hydrogen-bond acceptors (Lipinski definition) is 4. The molecule has 0 saturated carbocycles. The summed E-state index contributed by atoms with van der Waals surface area (Å²) >= 11 is 0. The zero-order valence-corrected chi connectivity index (χ0v) is 10.9. The minimum absolute atomic E-state index is 0.424. The van der Waals surface area contributed by atoms with Crippen LogP contribution in [0.1, 0.15) is 19.4 Å². The number of methoxy groups -OCH3 is 1. The smallest absolute Gasteiger partial charge is 0.333 e. The van der Waals surface area contributed by atoms with Crippen LogP contribution in [-0.2, 0) is 14.3 Å². The average molecular weight is 250 g/mol. The Labute approximate surface area is 107 Å². The minimum Gasteiger partial charge on any atom is -0.497 e. The van der Waals surface area contributed by atoms with E-state index in [9.17, 15) is 4.79 Å². The largest absolute Gasteiger partial charge is 0.497 e. The van der Waals surface area contributed by atoms with Crippen LogP contribution in [0.25, 0.3) is 6.08 Å². The highest BCUT2D eigenvalue weighted by Crippen LogP contribution is 2.12. The van der Waals surface area contributed by atoms with Gasteiger partial charge in [-0.05, 0) is 37.6 Å². The summed E-state index contributed by atoms with van der Waals surface area (Å²) in [7, 11) is 1.61. The Balaban J connectivity index is 2.49. The molecule has 1 atom stereocenters. The number of hydrogen-bond donors (Lipinski definition) is 0. The highest BCUT2D eigenvalue weighted by molar-refractivity contribution is 5.87. The second-order valence-corrected chi connectivity index (χ2v) is 3.57. The van der Waals surface area contributed by atoms with Gasteiger partial charge in [0, 0.05) is 12.7 Å². The fourth-order valence-electron chi connectivity index (χ4n) is 1.35. The summed E-state index contributed by atoms with van der Waals surface area (Å²) in [6.07, 6.45) is 2.53. The van der Waals surface area contributed by atoms with Crippen molar-refractivity contribution < 1.29 is 19.0 Å². The third-order valence-electron chi connectivity index (χ3n) is 2.21. The maximum Gasteiger partial charge on any atom is 0.333 e. The molecule has 4 nitrogen and oxygen atoms in total. The van der Waals surface area contributed by atoms with Gasteiger partial charge in [-0.25, -0.2) is 4.79 Å². The Bertz CT molecular complexity index is 395. The second-order valence-electron chi connectivity index (χ2n) is 3.57. The van der Waals surface area contributed by atoms with Gasteiger partial charge in [0.15, 0.2) is 6.29 Å². The number of benzene rings is 1. The summed E-state index contributed by atoms with van der Waals surface area (Å²) in [5, 5.41) is 0. The standard InChI is InChI=1S/C14H18O4/c1-4-17-11(2)18-14(15)10-7-12-5-8-13(16-3)9-6-12/h5-11H,4H2,1-3H3/b10-7+. The van der Waals surface area contributed by atoms with Crippen LogP contribution in [-0.4, -0.2) is 26.0 Å². The monoisotopic (exact) mass is 250 g/mol. The van der Waals surface area contributed by atoms with E-state index in [-0.39, 0.29) is 0 Å². The predicted octanol–water partition coefficient (Wildman–Crippen LogP) is 2.63. The lowest BCUT2D eigenvalue weighted by Gasteiger charge is -2.10. The van der Waals surface area contributed by atoms with Gasteiger partial charge in [0.2, 0.25) is 0 Å². The first-order chi connectivity index (χ1) is 8.65.